The zero-order valence-electron chi connectivity index (χ0n) is 12.0. The molecule has 0 radical (unpaired) electrons. The second-order valence-electron chi connectivity index (χ2n) is 4.85. The van der Waals surface area contributed by atoms with Crippen molar-refractivity contribution in [3.05, 3.63) is 57.6 Å². The monoisotopic (exact) mass is 387 g/mol. The molecule has 0 saturated carbocycles. The van der Waals surface area contributed by atoms with E-state index in [0.29, 0.717) is 10.5 Å². The van der Waals surface area contributed by atoms with Gasteiger partial charge in [0.15, 0.2) is 0 Å². The van der Waals surface area contributed by atoms with Crippen molar-refractivity contribution >= 4 is 27.5 Å². The SMILES string of the molecule is CCc1ccc(C(=O)Nc2cc(C(F)(F)F)ccc2O)c(Br)c1. The van der Waals surface area contributed by atoms with Crippen molar-refractivity contribution in [2.75, 3.05) is 5.32 Å². The van der Waals surface area contributed by atoms with E-state index in [-0.39, 0.29) is 11.3 Å². The Balaban J connectivity index is 2.30. The normalized spacial score (nSPS) is 11.3. The summed E-state index contributed by atoms with van der Waals surface area (Å²) in [6, 6.07) is 7.43. The van der Waals surface area contributed by atoms with Gasteiger partial charge in [-0.3, -0.25) is 4.79 Å². The van der Waals surface area contributed by atoms with Crippen LogP contribution in [0.1, 0.15) is 28.4 Å². The summed E-state index contributed by atoms with van der Waals surface area (Å²) in [7, 11) is 0. The van der Waals surface area contributed by atoms with Gasteiger partial charge in [-0.1, -0.05) is 13.0 Å². The summed E-state index contributed by atoms with van der Waals surface area (Å²) in [5.41, 5.74) is 0.0247. The highest BCUT2D eigenvalue weighted by Crippen LogP contribution is 2.34. The summed E-state index contributed by atoms with van der Waals surface area (Å²) in [4.78, 5) is 12.2. The van der Waals surface area contributed by atoms with Crippen LogP contribution in [0.15, 0.2) is 40.9 Å². The zero-order valence-corrected chi connectivity index (χ0v) is 13.6. The Morgan fingerprint density at radius 2 is 1.91 bits per heavy atom. The molecule has 0 aliphatic carbocycles. The van der Waals surface area contributed by atoms with Gasteiger partial charge in [-0.2, -0.15) is 13.2 Å². The number of aryl methyl sites for hydroxylation is 1. The lowest BCUT2D eigenvalue weighted by Gasteiger charge is -2.12. The van der Waals surface area contributed by atoms with Crippen molar-refractivity contribution in [3.8, 4) is 5.75 Å². The maximum atomic E-state index is 12.7. The van der Waals surface area contributed by atoms with Gasteiger partial charge in [0.05, 0.1) is 16.8 Å². The number of hydrogen-bond acceptors (Lipinski definition) is 2. The summed E-state index contributed by atoms with van der Waals surface area (Å²) in [5.74, 6) is -1.05. The van der Waals surface area contributed by atoms with Crippen LogP contribution in [0.2, 0.25) is 0 Å². The van der Waals surface area contributed by atoms with E-state index in [0.717, 1.165) is 24.1 Å². The van der Waals surface area contributed by atoms with Gasteiger partial charge in [0.2, 0.25) is 0 Å². The predicted octanol–water partition coefficient (Wildman–Crippen LogP) is 4.99. The minimum absolute atomic E-state index is 0.263. The Hall–Kier alpha value is -2.02. The molecular weight excluding hydrogens is 375 g/mol. The third kappa shape index (κ3) is 4.04. The lowest BCUT2D eigenvalue weighted by Crippen LogP contribution is -2.14. The fourth-order valence-electron chi connectivity index (χ4n) is 1.96. The van der Waals surface area contributed by atoms with Crippen LogP contribution in [0, 0.1) is 0 Å². The molecule has 3 nitrogen and oxygen atoms in total. The number of alkyl halides is 3. The quantitative estimate of drug-likeness (QED) is 0.728. The third-order valence-corrected chi connectivity index (χ3v) is 3.91. The Bertz CT molecular complexity index is 745. The first-order chi connectivity index (χ1) is 10.7. The van der Waals surface area contributed by atoms with E-state index >= 15 is 0 Å². The van der Waals surface area contributed by atoms with Crippen molar-refractivity contribution in [3.63, 3.8) is 0 Å². The number of anilines is 1. The number of rotatable bonds is 3. The lowest BCUT2D eigenvalue weighted by molar-refractivity contribution is -0.137. The van der Waals surface area contributed by atoms with E-state index in [1.165, 1.54) is 0 Å². The molecule has 122 valence electrons. The number of phenolic OH excluding ortho intramolecular Hbond substituents is 1. The van der Waals surface area contributed by atoms with Crippen molar-refractivity contribution in [2.45, 2.75) is 19.5 Å². The first-order valence-corrected chi connectivity index (χ1v) is 7.51. The van der Waals surface area contributed by atoms with Crippen LogP contribution in [0.25, 0.3) is 0 Å². The average molecular weight is 388 g/mol. The van der Waals surface area contributed by atoms with E-state index in [1.54, 1.807) is 18.2 Å². The third-order valence-electron chi connectivity index (χ3n) is 3.26. The molecule has 0 atom stereocenters. The van der Waals surface area contributed by atoms with E-state index in [9.17, 15) is 23.1 Å². The van der Waals surface area contributed by atoms with Crippen LogP contribution in [0.5, 0.6) is 5.75 Å². The van der Waals surface area contributed by atoms with Gasteiger partial charge in [0.25, 0.3) is 5.91 Å². The molecule has 0 saturated heterocycles. The smallest absolute Gasteiger partial charge is 0.416 e. The molecule has 0 aliphatic rings. The van der Waals surface area contributed by atoms with E-state index in [4.69, 9.17) is 0 Å². The Kier molecular flexibility index (Phi) is 4.99. The number of nitrogens with one attached hydrogen (secondary N) is 1. The van der Waals surface area contributed by atoms with Crippen molar-refractivity contribution in [1.29, 1.82) is 0 Å². The Morgan fingerprint density at radius 3 is 2.48 bits per heavy atom. The molecule has 2 aromatic rings. The number of carbonyl (C=O) groups is 1. The largest absolute Gasteiger partial charge is 0.506 e. The summed E-state index contributed by atoms with van der Waals surface area (Å²) >= 11 is 3.26. The molecule has 0 aliphatic heterocycles. The van der Waals surface area contributed by atoms with Crippen LogP contribution in [-0.2, 0) is 12.6 Å². The second kappa shape index (κ2) is 6.62. The zero-order chi connectivity index (χ0) is 17.2. The predicted molar refractivity (Wildman–Crippen MR) is 84.6 cm³/mol. The van der Waals surface area contributed by atoms with Crippen LogP contribution >= 0.6 is 15.9 Å². The van der Waals surface area contributed by atoms with Gasteiger partial charge in [0.1, 0.15) is 5.75 Å². The molecule has 0 fully saturated rings. The molecular formula is C16H13BrF3NO2. The first-order valence-electron chi connectivity index (χ1n) is 6.72. The van der Waals surface area contributed by atoms with Crippen molar-refractivity contribution in [2.24, 2.45) is 0 Å². The maximum absolute atomic E-state index is 12.7. The molecule has 0 spiro atoms. The summed E-state index contributed by atoms with van der Waals surface area (Å²) in [6.07, 6.45) is -3.77. The van der Waals surface area contributed by atoms with E-state index in [2.05, 4.69) is 21.2 Å². The van der Waals surface area contributed by atoms with E-state index in [1.807, 2.05) is 6.92 Å². The van der Waals surface area contributed by atoms with Crippen molar-refractivity contribution < 1.29 is 23.1 Å². The minimum atomic E-state index is -4.56. The summed E-state index contributed by atoms with van der Waals surface area (Å²) < 4.78 is 38.6. The minimum Gasteiger partial charge on any atom is -0.506 e. The standard InChI is InChI=1S/C16H13BrF3NO2/c1-2-9-3-5-11(12(17)7-9)15(23)21-13-8-10(16(18,19)20)4-6-14(13)22/h3-8,22H,2H2,1H3,(H,21,23). The number of carbonyl (C=O) groups excluding carboxylic acids is 1. The lowest BCUT2D eigenvalue weighted by atomic mass is 10.1. The number of hydrogen-bond donors (Lipinski definition) is 2. The number of benzene rings is 2. The molecule has 0 unspecified atom stereocenters. The van der Waals surface area contributed by atoms with Crippen LogP contribution in [0.3, 0.4) is 0 Å². The summed E-state index contributed by atoms with van der Waals surface area (Å²) in [5, 5.41) is 12.0. The number of phenols is 1. The summed E-state index contributed by atoms with van der Waals surface area (Å²) in [6.45, 7) is 1.96. The maximum Gasteiger partial charge on any atom is 0.416 e. The van der Waals surface area contributed by atoms with Gasteiger partial charge in [-0.05, 0) is 58.2 Å². The van der Waals surface area contributed by atoms with E-state index < -0.39 is 23.4 Å². The molecule has 0 aromatic heterocycles. The van der Waals surface area contributed by atoms with Gasteiger partial charge >= 0.3 is 6.18 Å². The van der Waals surface area contributed by atoms with Crippen LogP contribution in [-0.4, -0.2) is 11.0 Å². The molecule has 1 amide bonds. The molecule has 0 bridgehead atoms. The Morgan fingerprint density at radius 1 is 1.22 bits per heavy atom. The first kappa shape index (κ1) is 17.3. The molecule has 7 heteroatoms. The van der Waals surface area contributed by atoms with Crippen molar-refractivity contribution in [1.82, 2.24) is 0 Å². The topological polar surface area (TPSA) is 49.3 Å². The van der Waals surface area contributed by atoms with Crippen LogP contribution in [0.4, 0.5) is 18.9 Å². The fourth-order valence-corrected chi connectivity index (χ4v) is 2.57. The number of aromatic hydroxyl groups is 1. The number of halogens is 4. The molecule has 2 aromatic carbocycles. The molecule has 2 N–H and O–H groups in total. The molecule has 2 rings (SSSR count). The van der Waals surface area contributed by atoms with Gasteiger partial charge < -0.3 is 10.4 Å². The Labute approximate surface area is 139 Å². The average Bonchev–Trinajstić information content (AvgIpc) is 2.47. The molecule has 23 heavy (non-hydrogen) atoms. The van der Waals surface area contributed by atoms with Crippen LogP contribution < -0.4 is 5.32 Å². The highest BCUT2D eigenvalue weighted by atomic mass is 79.9. The number of amides is 1. The highest BCUT2D eigenvalue weighted by Gasteiger charge is 2.31. The highest BCUT2D eigenvalue weighted by molar-refractivity contribution is 9.10. The second-order valence-corrected chi connectivity index (χ2v) is 5.71. The van der Waals surface area contributed by atoms with Gasteiger partial charge in [-0.15, -0.1) is 0 Å². The molecule has 0 heterocycles. The van der Waals surface area contributed by atoms with Gasteiger partial charge in [0, 0.05) is 4.47 Å². The fraction of sp³-hybridized carbons (Fsp3) is 0.188. The van der Waals surface area contributed by atoms with Gasteiger partial charge in [-0.25, -0.2) is 0 Å².